The van der Waals surface area contributed by atoms with Crippen LogP contribution < -0.4 is 0 Å². The van der Waals surface area contributed by atoms with Gasteiger partial charge < -0.3 is 0 Å². The van der Waals surface area contributed by atoms with Crippen LogP contribution in [0.1, 0.15) is 45.1 Å². The summed E-state index contributed by atoms with van der Waals surface area (Å²) in [4.78, 5) is 0. The number of rotatable bonds is 3. The molecule has 0 nitrogen and oxygen atoms in total. The molecule has 88 valence electrons. The summed E-state index contributed by atoms with van der Waals surface area (Å²) in [5, 5.41) is 0. The molecule has 1 aliphatic carbocycles. The van der Waals surface area contributed by atoms with Gasteiger partial charge in [-0.15, -0.1) is 0 Å². The Morgan fingerprint density at radius 1 is 1.12 bits per heavy atom. The van der Waals surface area contributed by atoms with Crippen LogP contribution in [0, 0.1) is 17.8 Å². The highest BCUT2D eigenvalue weighted by molar-refractivity contribution is 5.15. The first kappa shape index (κ1) is 11.7. The predicted octanol–water partition coefficient (Wildman–Crippen LogP) is 4.69. The average molecular weight is 216 g/mol. The van der Waals surface area contributed by atoms with Gasteiger partial charge in [0.1, 0.15) is 0 Å². The van der Waals surface area contributed by atoms with Gasteiger partial charge >= 0.3 is 0 Å². The van der Waals surface area contributed by atoms with E-state index in [1.165, 1.54) is 37.7 Å². The smallest absolute Gasteiger partial charge is 0.0250 e. The Bertz CT molecular complexity index is 299. The maximum absolute atomic E-state index is 2.38. The minimum atomic E-state index is 0.874. The molecule has 0 N–H and O–H groups in total. The number of hydrogen-bond donors (Lipinski definition) is 0. The normalized spacial score (nSPS) is 25.9. The standard InChI is InChI=1S/C16H24/c1-13(2)16-10-6-9-15(12-16)11-14-7-4-3-5-8-14/h3-5,7-8,13,15-16H,6,9-12H2,1-2H3/t15-,16+/m1/s1. The van der Waals surface area contributed by atoms with Crippen LogP contribution in [-0.4, -0.2) is 0 Å². The van der Waals surface area contributed by atoms with Crippen LogP contribution in [0.5, 0.6) is 0 Å². The Hall–Kier alpha value is -0.780. The lowest BCUT2D eigenvalue weighted by Crippen LogP contribution is -2.21. The van der Waals surface area contributed by atoms with E-state index in [1.807, 2.05) is 0 Å². The third-order valence-electron chi connectivity index (χ3n) is 4.13. The Labute approximate surface area is 100 Å². The topological polar surface area (TPSA) is 0 Å². The van der Waals surface area contributed by atoms with Crippen LogP contribution >= 0.6 is 0 Å². The summed E-state index contributed by atoms with van der Waals surface area (Å²) < 4.78 is 0. The quantitative estimate of drug-likeness (QED) is 0.687. The second-order valence-electron chi connectivity index (χ2n) is 5.73. The second-order valence-corrected chi connectivity index (χ2v) is 5.73. The van der Waals surface area contributed by atoms with Gasteiger partial charge in [0.2, 0.25) is 0 Å². The molecule has 0 radical (unpaired) electrons. The van der Waals surface area contributed by atoms with Crippen LogP contribution in [0.25, 0.3) is 0 Å². The van der Waals surface area contributed by atoms with Crippen molar-refractivity contribution in [3.8, 4) is 0 Å². The maximum atomic E-state index is 2.38. The van der Waals surface area contributed by atoms with Gasteiger partial charge in [0.15, 0.2) is 0 Å². The zero-order valence-electron chi connectivity index (χ0n) is 10.7. The Morgan fingerprint density at radius 2 is 1.88 bits per heavy atom. The summed E-state index contributed by atoms with van der Waals surface area (Å²) in [5.41, 5.74) is 1.52. The van der Waals surface area contributed by atoms with E-state index in [2.05, 4.69) is 44.2 Å². The molecule has 0 spiro atoms. The Kier molecular flexibility index (Phi) is 4.04. The molecule has 1 aliphatic rings. The Balaban J connectivity index is 1.90. The molecule has 0 saturated heterocycles. The zero-order valence-corrected chi connectivity index (χ0v) is 10.7. The predicted molar refractivity (Wildman–Crippen MR) is 70.4 cm³/mol. The molecule has 0 amide bonds. The molecule has 0 aliphatic heterocycles. The fraction of sp³-hybridized carbons (Fsp3) is 0.625. The van der Waals surface area contributed by atoms with Gasteiger partial charge in [-0.1, -0.05) is 63.4 Å². The van der Waals surface area contributed by atoms with Crippen LogP contribution in [0.4, 0.5) is 0 Å². The van der Waals surface area contributed by atoms with Crippen LogP contribution in [0.15, 0.2) is 30.3 Å². The summed E-state index contributed by atoms with van der Waals surface area (Å²) in [6.07, 6.45) is 7.10. The molecule has 1 aromatic carbocycles. The van der Waals surface area contributed by atoms with Crippen molar-refractivity contribution < 1.29 is 0 Å². The van der Waals surface area contributed by atoms with Gasteiger partial charge in [-0.2, -0.15) is 0 Å². The van der Waals surface area contributed by atoms with E-state index >= 15 is 0 Å². The first-order valence-electron chi connectivity index (χ1n) is 6.79. The minimum absolute atomic E-state index is 0.874. The first-order valence-corrected chi connectivity index (χ1v) is 6.79. The number of benzene rings is 1. The van der Waals surface area contributed by atoms with Crippen molar-refractivity contribution in [2.75, 3.05) is 0 Å². The number of hydrogen-bond acceptors (Lipinski definition) is 0. The molecule has 1 saturated carbocycles. The van der Waals surface area contributed by atoms with Gasteiger partial charge in [0.25, 0.3) is 0 Å². The first-order chi connectivity index (χ1) is 7.75. The van der Waals surface area contributed by atoms with Crippen molar-refractivity contribution in [3.63, 3.8) is 0 Å². The highest BCUT2D eigenvalue weighted by atomic mass is 14.3. The molecule has 1 fully saturated rings. The van der Waals surface area contributed by atoms with E-state index in [-0.39, 0.29) is 0 Å². The van der Waals surface area contributed by atoms with Crippen LogP contribution in [-0.2, 0) is 6.42 Å². The van der Waals surface area contributed by atoms with Crippen molar-refractivity contribution in [2.24, 2.45) is 17.8 Å². The summed E-state index contributed by atoms with van der Waals surface area (Å²) >= 11 is 0. The summed E-state index contributed by atoms with van der Waals surface area (Å²) in [6, 6.07) is 11.0. The summed E-state index contributed by atoms with van der Waals surface area (Å²) in [6.45, 7) is 4.77. The minimum Gasteiger partial charge on any atom is -0.0625 e. The van der Waals surface area contributed by atoms with Crippen molar-refractivity contribution in [1.82, 2.24) is 0 Å². The van der Waals surface area contributed by atoms with E-state index in [9.17, 15) is 0 Å². The van der Waals surface area contributed by atoms with Gasteiger partial charge in [-0.3, -0.25) is 0 Å². The zero-order chi connectivity index (χ0) is 11.4. The average Bonchev–Trinajstić information content (AvgIpc) is 2.30. The molecule has 2 atom stereocenters. The van der Waals surface area contributed by atoms with Crippen molar-refractivity contribution in [2.45, 2.75) is 46.0 Å². The highest BCUT2D eigenvalue weighted by Crippen LogP contribution is 2.35. The largest absolute Gasteiger partial charge is 0.0625 e. The maximum Gasteiger partial charge on any atom is -0.0250 e. The van der Waals surface area contributed by atoms with Gasteiger partial charge in [0, 0.05) is 0 Å². The van der Waals surface area contributed by atoms with Gasteiger partial charge in [0.05, 0.1) is 0 Å². The molecular formula is C16H24. The molecule has 0 bridgehead atoms. The molecule has 1 aromatic rings. The van der Waals surface area contributed by atoms with E-state index in [4.69, 9.17) is 0 Å². The molecule has 0 aromatic heterocycles. The third kappa shape index (κ3) is 3.10. The second kappa shape index (κ2) is 5.52. The van der Waals surface area contributed by atoms with Crippen molar-refractivity contribution in [1.29, 1.82) is 0 Å². The molecule has 0 heterocycles. The lowest BCUT2D eigenvalue weighted by Gasteiger charge is -2.31. The Morgan fingerprint density at radius 3 is 2.56 bits per heavy atom. The van der Waals surface area contributed by atoms with Gasteiger partial charge in [-0.25, -0.2) is 0 Å². The summed E-state index contributed by atoms with van der Waals surface area (Å²) in [5.74, 6) is 2.78. The van der Waals surface area contributed by atoms with Crippen LogP contribution in [0.2, 0.25) is 0 Å². The molecule has 0 heteroatoms. The highest BCUT2D eigenvalue weighted by Gasteiger charge is 2.23. The molecular weight excluding hydrogens is 192 g/mol. The molecule has 2 rings (SSSR count). The fourth-order valence-corrected chi connectivity index (χ4v) is 3.07. The van der Waals surface area contributed by atoms with Crippen molar-refractivity contribution >= 4 is 0 Å². The van der Waals surface area contributed by atoms with Crippen LogP contribution in [0.3, 0.4) is 0 Å². The van der Waals surface area contributed by atoms with E-state index in [1.54, 1.807) is 0 Å². The lowest BCUT2D eigenvalue weighted by molar-refractivity contribution is 0.214. The molecule has 0 unspecified atom stereocenters. The lowest BCUT2D eigenvalue weighted by atomic mass is 9.74. The van der Waals surface area contributed by atoms with Gasteiger partial charge in [-0.05, 0) is 36.2 Å². The van der Waals surface area contributed by atoms with Crippen molar-refractivity contribution in [3.05, 3.63) is 35.9 Å². The third-order valence-corrected chi connectivity index (χ3v) is 4.13. The SMILES string of the molecule is CC(C)[C@H]1CCC[C@H](Cc2ccccc2)C1. The molecule has 16 heavy (non-hydrogen) atoms. The van der Waals surface area contributed by atoms with E-state index < -0.39 is 0 Å². The fourth-order valence-electron chi connectivity index (χ4n) is 3.07. The monoisotopic (exact) mass is 216 g/mol. The van der Waals surface area contributed by atoms with E-state index in [0.717, 1.165) is 17.8 Å². The van der Waals surface area contributed by atoms with E-state index in [0.29, 0.717) is 0 Å². The summed E-state index contributed by atoms with van der Waals surface area (Å²) in [7, 11) is 0.